The molecular formula is C16H16BrF2N. The Kier molecular flexibility index (Phi) is 4.89. The highest BCUT2D eigenvalue weighted by Gasteiger charge is 2.14. The molecule has 4 heteroatoms. The summed E-state index contributed by atoms with van der Waals surface area (Å²) in [5, 5.41) is 3.21. The van der Waals surface area contributed by atoms with E-state index in [0.717, 1.165) is 21.2 Å². The maximum absolute atomic E-state index is 13.4. The molecule has 2 rings (SSSR count). The van der Waals surface area contributed by atoms with Crippen molar-refractivity contribution in [1.82, 2.24) is 5.32 Å². The molecule has 0 bridgehead atoms. The van der Waals surface area contributed by atoms with Crippen LogP contribution in [0.1, 0.15) is 22.7 Å². The van der Waals surface area contributed by atoms with Crippen LogP contribution in [0.15, 0.2) is 40.9 Å². The molecule has 20 heavy (non-hydrogen) atoms. The lowest BCUT2D eigenvalue weighted by atomic mass is 9.95. The van der Waals surface area contributed by atoms with E-state index in [-0.39, 0.29) is 17.7 Å². The maximum atomic E-state index is 13.4. The van der Waals surface area contributed by atoms with Crippen LogP contribution in [0, 0.1) is 18.6 Å². The van der Waals surface area contributed by atoms with Crippen LogP contribution < -0.4 is 5.32 Å². The number of aryl methyl sites for hydroxylation is 1. The van der Waals surface area contributed by atoms with Crippen molar-refractivity contribution < 1.29 is 8.78 Å². The fourth-order valence-electron chi connectivity index (χ4n) is 2.36. The first-order valence-electron chi connectivity index (χ1n) is 6.38. The first kappa shape index (κ1) is 15.1. The van der Waals surface area contributed by atoms with E-state index in [2.05, 4.69) is 21.2 Å². The van der Waals surface area contributed by atoms with Crippen LogP contribution >= 0.6 is 15.9 Å². The molecular weight excluding hydrogens is 324 g/mol. The summed E-state index contributed by atoms with van der Waals surface area (Å²) in [5.74, 6) is -0.505. The minimum Gasteiger partial charge on any atom is -0.313 e. The largest absolute Gasteiger partial charge is 0.313 e. The molecule has 0 amide bonds. The molecule has 0 radical (unpaired) electrons. The normalized spacial score (nSPS) is 12.4. The molecule has 0 saturated carbocycles. The summed E-state index contributed by atoms with van der Waals surface area (Å²) >= 11 is 3.30. The minimum absolute atomic E-state index is 0.0179. The molecule has 0 aliphatic rings. The van der Waals surface area contributed by atoms with Gasteiger partial charge in [0.25, 0.3) is 0 Å². The van der Waals surface area contributed by atoms with E-state index >= 15 is 0 Å². The smallest absolute Gasteiger partial charge is 0.124 e. The highest BCUT2D eigenvalue weighted by Crippen LogP contribution is 2.24. The van der Waals surface area contributed by atoms with Gasteiger partial charge in [-0.15, -0.1) is 0 Å². The lowest BCUT2D eigenvalue weighted by molar-refractivity contribution is 0.576. The quantitative estimate of drug-likeness (QED) is 0.862. The topological polar surface area (TPSA) is 12.0 Å². The van der Waals surface area contributed by atoms with Crippen LogP contribution in [0.25, 0.3) is 0 Å². The lowest BCUT2D eigenvalue weighted by Crippen LogP contribution is -2.20. The van der Waals surface area contributed by atoms with Crippen molar-refractivity contribution in [3.63, 3.8) is 0 Å². The third-order valence-electron chi connectivity index (χ3n) is 3.32. The summed E-state index contributed by atoms with van der Waals surface area (Å²) in [6.07, 6.45) is 0.638. The SMILES string of the molecule is CNC(Cc1cc(F)cc(Br)c1)c1ccc(F)cc1C. The van der Waals surface area contributed by atoms with Gasteiger partial charge < -0.3 is 5.32 Å². The second-order valence-corrected chi connectivity index (χ2v) is 5.74. The summed E-state index contributed by atoms with van der Waals surface area (Å²) in [5.41, 5.74) is 2.80. The van der Waals surface area contributed by atoms with Gasteiger partial charge in [-0.25, -0.2) is 8.78 Å². The van der Waals surface area contributed by atoms with E-state index in [0.29, 0.717) is 6.42 Å². The molecule has 1 nitrogen and oxygen atoms in total. The van der Waals surface area contributed by atoms with Crippen LogP contribution in [-0.2, 0) is 6.42 Å². The van der Waals surface area contributed by atoms with E-state index in [4.69, 9.17) is 0 Å². The molecule has 1 atom stereocenters. The van der Waals surface area contributed by atoms with E-state index in [9.17, 15) is 8.78 Å². The van der Waals surface area contributed by atoms with Gasteiger partial charge in [-0.3, -0.25) is 0 Å². The van der Waals surface area contributed by atoms with Crippen LogP contribution in [-0.4, -0.2) is 7.05 Å². The number of hydrogen-bond donors (Lipinski definition) is 1. The minimum atomic E-state index is -0.264. The standard InChI is InChI=1S/C16H16BrF2N/c1-10-5-13(18)3-4-15(10)16(20-2)8-11-6-12(17)9-14(19)7-11/h3-7,9,16,20H,8H2,1-2H3. The van der Waals surface area contributed by atoms with E-state index < -0.39 is 0 Å². The fraction of sp³-hybridized carbons (Fsp3) is 0.250. The van der Waals surface area contributed by atoms with E-state index in [1.807, 2.05) is 20.0 Å². The fourth-order valence-corrected chi connectivity index (χ4v) is 2.87. The molecule has 0 heterocycles. The first-order valence-corrected chi connectivity index (χ1v) is 7.17. The first-order chi connectivity index (χ1) is 9.49. The molecule has 0 spiro atoms. The number of benzene rings is 2. The Morgan fingerprint density at radius 2 is 1.85 bits per heavy atom. The van der Waals surface area contributed by atoms with Crippen molar-refractivity contribution in [2.24, 2.45) is 0 Å². The van der Waals surface area contributed by atoms with E-state index in [1.165, 1.54) is 24.3 Å². The summed E-state index contributed by atoms with van der Waals surface area (Å²) in [6.45, 7) is 1.88. The summed E-state index contributed by atoms with van der Waals surface area (Å²) in [6, 6.07) is 9.61. The van der Waals surface area contributed by atoms with Gasteiger partial charge in [0, 0.05) is 10.5 Å². The Morgan fingerprint density at radius 1 is 1.10 bits per heavy atom. The van der Waals surface area contributed by atoms with Gasteiger partial charge in [0.05, 0.1) is 0 Å². The third kappa shape index (κ3) is 3.64. The van der Waals surface area contributed by atoms with Crippen molar-refractivity contribution in [2.75, 3.05) is 7.05 Å². The number of hydrogen-bond acceptors (Lipinski definition) is 1. The van der Waals surface area contributed by atoms with Gasteiger partial charge in [0.15, 0.2) is 0 Å². The van der Waals surface area contributed by atoms with Crippen molar-refractivity contribution in [2.45, 2.75) is 19.4 Å². The molecule has 0 fully saturated rings. The summed E-state index contributed by atoms with van der Waals surface area (Å²) in [4.78, 5) is 0. The maximum Gasteiger partial charge on any atom is 0.124 e. The summed E-state index contributed by atoms with van der Waals surface area (Å²) in [7, 11) is 1.85. The Bertz CT molecular complexity index is 593. The Morgan fingerprint density at radius 3 is 2.45 bits per heavy atom. The van der Waals surface area contributed by atoms with Crippen LogP contribution in [0.5, 0.6) is 0 Å². The summed E-state index contributed by atoms with van der Waals surface area (Å²) < 4.78 is 27.3. The Labute approximate surface area is 126 Å². The molecule has 0 aromatic heterocycles. The zero-order chi connectivity index (χ0) is 14.7. The highest BCUT2D eigenvalue weighted by molar-refractivity contribution is 9.10. The molecule has 2 aromatic carbocycles. The van der Waals surface area contributed by atoms with Gasteiger partial charge in [-0.2, -0.15) is 0 Å². The van der Waals surface area contributed by atoms with Crippen molar-refractivity contribution >= 4 is 15.9 Å². The number of likely N-dealkylation sites (N-methyl/N-ethyl adjacent to an activating group) is 1. The van der Waals surface area contributed by atoms with E-state index in [1.54, 1.807) is 6.07 Å². The second kappa shape index (κ2) is 6.46. The Balaban J connectivity index is 2.28. The number of nitrogens with one attached hydrogen (secondary N) is 1. The number of halogens is 3. The predicted molar refractivity (Wildman–Crippen MR) is 80.7 cm³/mol. The number of rotatable bonds is 4. The molecule has 2 aromatic rings. The Hall–Kier alpha value is -1.26. The van der Waals surface area contributed by atoms with Crippen molar-refractivity contribution in [3.8, 4) is 0 Å². The van der Waals surface area contributed by atoms with Gasteiger partial charge in [0.2, 0.25) is 0 Å². The molecule has 106 valence electrons. The second-order valence-electron chi connectivity index (χ2n) is 4.82. The monoisotopic (exact) mass is 339 g/mol. The predicted octanol–water partition coefficient (Wildman–Crippen LogP) is 4.54. The van der Waals surface area contributed by atoms with Crippen molar-refractivity contribution in [3.05, 3.63) is 69.2 Å². The van der Waals surface area contributed by atoms with Gasteiger partial charge in [-0.1, -0.05) is 22.0 Å². The lowest BCUT2D eigenvalue weighted by Gasteiger charge is -2.19. The van der Waals surface area contributed by atoms with Crippen LogP contribution in [0.4, 0.5) is 8.78 Å². The molecule has 0 aliphatic carbocycles. The van der Waals surface area contributed by atoms with Gasteiger partial charge in [0.1, 0.15) is 11.6 Å². The molecule has 0 aliphatic heterocycles. The molecule has 1 unspecified atom stereocenters. The van der Waals surface area contributed by atoms with Gasteiger partial charge in [-0.05, 0) is 67.4 Å². The van der Waals surface area contributed by atoms with Crippen LogP contribution in [0.3, 0.4) is 0 Å². The van der Waals surface area contributed by atoms with Crippen molar-refractivity contribution in [1.29, 1.82) is 0 Å². The van der Waals surface area contributed by atoms with Crippen LogP contribution in [0.2, 0.25) is 0 Å². The third-order valence-corrected chi connectivity index (χ3v) is 3.78. The average molecular weight is 340 g/mol. The zero-order valence-corrected chi connectivity index (χ0v) is 13.0. The molecule has 0 saturated heterocycles. The van der Waals surface area contributed by atoms with Gasteiger partial charge >= 0.3 is 0 Å². The highest BCUT2D eigenvalue weighted by atomic mass is 79.9. The zero-order valence-electron chi connectivity index (χ0n) is 11.4. The average Bonchev–Trinajstić information content (AvgIpc) is 2.35. The molecule has 1 N–H and O–H groups in total.